The highest BCUT2D eigenvalue weighted by Crippen LogP contribution is 2.41. The first kappa shape index (κ1) is 21.9. The third-order valence-electron chi connectivity index (χ3n) is 3.72. The Labute approximate surface area is 163 Å². The second-order valence-corrected chi connectivity index (χ2v) is 7.06. The van der Waals surface area contributed by atoms with Crippen molar-refractivity contribution in [2.24, 2.45) is 0 Å². The summed E-state index contributed by atoms with van der Waals surface area (Å²) in [7, 11) is -1.72. The van der Waals surface area contributed by atoms with Gasteiger partial charge in [0.2, 0.25) is 0 Å². The third-order valence-corrected chi connectivity index (χ3v) is 5.06. The van der Waals surface area contributed by atoms with E-state index in [0.29, 0.717) is 0 Å². The van der Waals surface area contributed by atoms with Gasteiger partial charge in [-0.05, 0) is 18.2 Å². The summed E-state index contributed by atoms with van der Waals surface area (Å²) in [5, 5.41) is 8.98. The van der Waals surface area contributed by atoms with Crippen LogP contribution < -0.4 is 14.2 Å². The number of hydrogen-bond donors (Lipinski definition) is 2. The molecule has 0 unspecified atom stereocenters. The van der Waals surface area contributed by atoms with E-state index in [1.54, 1.807) is 4.72 Å². The fourth-order valence-electron chi connectivity index (χ4n) is 2.40. The van der Waals surface area contributed by atoms with E-state index in [1.807, 2.05) is 0 Å². The average molecular weight is 431 g/mol. The summed E-state index contributed by atoms with van der Waals surface area (Å²) in [5.41, 5.74) is -2.26. The van der Waals surface area contributed by atoms with Crippen molar-refractivity contribution in [2.45, 2.75) is 4.90 Å². The van der Waals surface area contributed by atoms with Gasteiger partial charge in [-0.25, -0.2) is 26.8 Å². The molecule has 0 aliphatic rings. The number of benzene rings is 2. The van der Waals surface area contributed by atoms with Crippen LogP contribution in [0.3, 0.4) is 0 Å². The van der Waals surface area contributed by atoms with Gasteiger partial charge in [-0.3, -0.25) is 4.72 Å². The second-order valence-electron chi connectivity index (χ2n) is 5.37. The molecule has 0 amide bonds. The lowest BCUT2D eigenvalue weighted by atomic mass is 10.1. The van der Waals surface area contributed by atoms with Gasteiger partial charge in [-0.15, -0.1) is 0 Å². The molecule has 0 fully saturated rings. The van der Waals surface area contributed by atoms with Crippen molar-refractivity contribution in [2.75, 3.05) is 26.1 Å². The maximum absolute atomic E-state index is 14.8. The Hall–Kier alpha value is -3.41. The quantitative estimate of drug-likeness (QED) is 0.639. The number of hydrogen-bond acceptors (Lipinski definition) is 7. The smallest absolute Gasteiger partial charge is 0.345 e. The molecule has 0 spiro atoms. The molecule has 0 radical (unpaired) electrons. The first-order valence-electron chi connectivity index (χ1n) is 7.66. The van der Waals surface area contributed by atoms with Crippen LogP contribution in [0.4, 0.5) is 14.5 Å². The van der Waals surface area contributed by atoms with E-state index in [0.717, 1.165) is 45.6 Å². The molecule has 29 heavy (non-hydrogen) atoms. The minimum Gasteiger partial charge on any atom is -0.493 e. The Morgan fingerprint density at radius 1 is 1.03 bits per heavy atom. The van der Waals surface area contributed by atoms with Crippen LogP contribution in [0, 0.1) is 11.6 Å². The molecule has 0 heterocycles. The van der Waals surface area contributed by atoms with E-state index in [4.69, 9.17) is 14.6 Å². The number of halogens is 2. The molecule has 0 aromatic heterocycles. The van der Waals surface area contributed by atoms with E-state index in [9.17, 15) is 26.8 Å². The standard InChI is InChI=1S/C17H15F2NO8S/c1-26-14-10(17(23)28-3)15(27-2)12(19)13(11(14)18)20-29(24,25)9-6-4-5-8(7-9)16(21)22/h4-7,20H,1-3H3,(H,21,22). The van der Waals surface area contributed by atoms with Gasteiger partial charge in [0.1, 0.15) is 11.3 Å². The zero-order chi connectivity index (χ0) is 21.9. The van der Waals surface area contributed by atoms with Crippen molar-refractivity contribution in [3.8, 4) is 11.5 Å². The minimum absolute atomic E-state index is 0.356. The fraction of sp³-hybridized carbons (Fsp3) is 0.176. The van der Waals surface area contributed by atoms with Gasteiger partial charge < -0.3 is 19.3 Å². The van der Waals surface area contributed by atoms with Gasteiger partial charge in [0.05, 0.1) is 31.8 Å². The molecular formula is C17H15F2NO8S. The number of carbonyl (C=O) groups is 2. The maximum atomic E-state index is 14.8. The first-order chi connectivity index (χ1) is 13.6. The van der Waals surface area contributed by atoms with Crippen LogP contribution in [0.15, 0.2) is 29.2 Å². The van der Waals surface area contributed by atoms with Crippen LogP contribution in [-0.2, 0) is 14.8 Å². The number of aromatic carboxylic acids is 1. The third kappa shape index (κ3) is 4.06. The number of carboxylic acid groups (broad SMARTS) is 1. The highest BCUT2D eigenvalue weighted by atomic mass is 32.2. The van der Waals surface area contributed by atoms with E-state index < -0.39 is 61.2 Å². The van der Waals surface area contributed by atoms with Gasteiger partial charge in [0.25, 0.3) is 10.0 Å². The van der Waals surface area contributed by atoms with Crippen molar-refractivity contribution < 1.29 is 46.1 Å². The Morgan fingerprint density at radius 2 is 1.59 bits per heavy atom. The molecule has 2 aromatic rings. The minimum atomic E-state index is -4.62. The molecule has 2 aromatic carbocycles. The van der Waals surface area contributed by atoms with Gasteiger partial charge in [-0.1, -0.05) is 6.07 Å². The molecule has 0 bridgehead atoms. The highest BCUT2D eigenvalue weighted by Gasteiger charge is 2.33. The summed E-state index contributed by atoms with van der Waals surface area (Å²) in [6, 6.07) is 4.12. The molecule has 12 heteroatoms. The first-order valence-corrected chi connectivity index (χ1v) is 9.14. The monoisotopic (exact) mass is 431 g/mol. The topological polar surface area (TPSA) is 128 Å². The van der Waals surface area contributed by atoms with Crippen LogP contribution in [0.5, 0.6) is 11.5 Å². The number of ether oxygens (including phenoxy) is 3. The lowest BCUT2D eigenvalue weighted by molar-refractivity contribution is 0.0590. The Bertz CT molecular complexity index is 1050. The average Bonchev–Trinajstić information content (AvgIpc) is 2.70. The van der Waals surface area contributed by atoms with Gasteiger partial charge in [-0.2, -0.15) is 0 Å². The number of rotatable bonds is 7. The summed E-state index contributed by atoms with van der Waals surface area (Å²) < 4.78 is 70.4. The number of esters is 1. The van der Waals surface area contributed by atoms with E-state index >= 15 is 0 Å². The predicted molar refractivity (Wildman–Crippen MR) is 95.0 cm³/mol. The lowest BCUT2D eigenvalue weighted by Crippen LogP contribution is -2.18. The summed E-state index contributed by atoms with van der Waals surface area (Å²) in [6.45, 7) is 0. The van der Waals surface area contributed by atoms with Crippen molar-refractivity contribution in [3.05, 3.63) is 47.0 Å². The zero-order valence-electron chi connectivity index (χ0n) is 15.3. The predicted octanol–water partition coefficient (Wildman–Crippen LogP) is 2.27. The number of nitrogens with one attached hydrogen (secondary N) is 1. The maximum Gasteiger partial charge on any atom is 0.345 e. The summed E-state index contributed by atoms with van der Waals surface area (Å²) in [4.78, 5) is 22.4. The van der Waals surface area contributed by atoms with Crippen molar-refractivity contribution >= 4 is 27.6 Å². The zero-order valence-corrected chi connectivity index (χ0v) is 16.1. The van der Waals surface area contributed by atoms with Crippen LogP contribution in [-0.4, -0.2) is 46.8 Å². The molecular weight excluding hydrogens is 416 g/mol. The Kier molecular flexibility index (Phi) is 6.27. The molecule has 156 valence electrons. The number of methoxy groups -OCH3 is 3. The van der Waals surface area contributed by atoms with Gasteiger partial charge in [0, 0.05) is 0 Å². The summed E-state index contributed by atoms with van der Waals surface area (Å²) in [6.07, 6.45) is 0. The van der Waals surface area contributed by atoms with Crippen LogP contribution in [0.2, 0.25) is 0 Å². The van der Waals surface area contributed by atoms with Crippen molar-refractivity contribution in [1.82, 2.24) is 0 Å². The molecule has 2 rings (SSSR count). The molecule has 9 nitrogen and oxygen atoms in total. The van der Waals surface area contributed by atoms with Gasteiger partial charge >= 0.3 is 11.9 Å². The van der Waals surface area contributed by atoms with Crippen LogP contribution in [0.25, 0.3) is 0 Å². The molecule has 2 N–H and O–H groups in total. The number of carboxylic acids is 1. The fourth-order valence-corrected chi connectivity index (χ4v) is 3.50. The summed E-state index contributed by atoms with van der Waals surface area (Å²) >= 11 is 0. The number of sulfonamides is 1. The SMILES string of the molecule is COC(=O)c1c(OC)c(F)c(NS(=O)(=O)c2cccc(C(=O)O)c2)c(F)c1OC. The van der Waals surface area contributed by atoms with E-state index in [1.165, 1.54) is 0 Å². The molecule has 0 saturated heterocycles. The van der Waals surface area contributed by atoms with Crippen molar-refractivity contribution in [3.63, 3.8) is 0 Å². The van der Waals surface area contributed by atoms with Gasteiger partial charge in [0.15, 0.2) is 23.1 Å². The molecule has 0 aliphatic heterocycles. The van der Waals surface area contributed by atoms with Crippen LogP contribution >= 0.6 is 0 Å². The van der Waals surface area contributed by atoms with E-state index in [2.05, 4.69) is 4.74 Å². The molecule has 0 atom stereocenters. The van der Waals surface area contributed by atoms with E-state index in [-0.39, 0.29) is 5.56 Å². The highest BCUT2D eigenvalue weighted by molar-refractivity contribution is 7.92. The second kappa shape index (κ2) is 8.31. The molecule has 0 aliphatic carbocycles. The Balaban J connectivity index is 2.68. The van der Waals surface area contributed by atoms with Crippen molar-refractivity contribution in [1.29, 1.82) is 0 Å². The largest absolute Gasteiger partial charge is 0.493 e. The number of anilines is 1. The normalized spacial score (nSPS) is 10.9. The Morgan fingerprint density at radius 3 is 2.03 bits per heavy atom. The van der Waals surface area contributed by atoms with Crippen LogP contribution in [0.1, 0.15) is 20.7 Å². The summed E-state index contributed by atoms with van der Waals surface area (Å²) in [5.74, 6) is -7.28. The lowest BCUT2D eigenvalue weighted by Gasteiger charge is -2.18. The number of carbonyl (C=O) groups excluding carboxylic acids is 1. The molecule has 0 saturated carbocycles.